The molecule has 0 atom stereocenters. The summed E-state index contributed by atoms with van der Waals surface area (Å²) in [6.45, 7) is 2.29. The molecule has 1 fully saturated rings. The summed E-state index contributed by atoms with van der Waals surface area (Å²) in [4.78, 5) is 25.2. The Balaban J connectivity index is 0.00000259. The molecule has 0 aromatic heterocycles. The highest BCUT2D eigenvalue weighted by molar-refractivity contribution is 5.95. The van der Waals surface area contributed by atoms with E-state index in [0.717, 1.165) is 52.2 Å². The first-order valence-electron chi connectivity index (χ1n) is 10.9. The molecule has 5 nitrogen and oxygen atoms in total. The van der Waals surface area contributed by atoms with E-state index in [2.05, 4.69) is 24.4 Å². The van der Waals surface area contributed by atoms with Gasteiger partial charge in [0.15, 0.2) is 11.5 Å². The van der Waals surface area contributed by atoms with Crippen molar-refractivity contribution in [2.24, 2.45) is 0 Å². The number of benzene rings is 3. The third-order valence-corrected chi connectivity index (χ3v) is 6.56. The molecule has 32 heavy (non-hydrogen) atoms. The molecule has 5 rings (SSSR count). The van der Waals surface area contributed by atoms with Gasteiger partial charge in [0.1, 0.15) is 5.78 Å². The average Bonchev–Trinajstić information content (AvgIpc) is 3.50. The van der Waals surface area contributed by atoms with E-state index in [1.807, 2.05) is 48.5 Å². The maximum Gasteiger partial charge on any atom is 0.251 e. The number of rotatable bonds is 6. The first-order chi connectivity index (χ1) is 15.5. The monoisotopic (exact) mass is 429 g/mol. The molecule has 1 N–H and O–H groups in total. The van der Waals surface area contributed by atoms with Crippen LogP contribution in [0, 0.1) is 6.92 Å². The van der Waals surface area contributed by atoms with Crippen LogP contribution in [0.2, 0.25) is 0 Å². The molecular formula is C27H27NO4. The molecule has 1 amide bonds. The number of hydrogen-bond acceptors (Lipinski definition) is 4. The minimum absolute atomic E-state index is 0. The van der Waals surface area contributed by atoms with Crippen LogP contribution in [-0.4, -0.2) is 25.5 Å². The molecule has 5 heteroatoms. The van der Waals surface area contributed by atoms with Crippen LogP contribution in [0.25, 0.3) is 11.1 Å². The number of Topliss-reactive ketones (excluding diaryl/α,β-unsaturated/α-hetero) is 1. The van der Waals surface area contributed by atoms with Gasteiger partial charge in [-0.1, -0.05) is 36.4 Å². The molecule has 164 valence electrons. The highest BCUT2D eigenvalue weighted by Crippen LogP contribution is 2.51. The lowest BCUT2D eigenvalue weighted by atomic mass is 9.87. The largest absolute Gasteiger partial charge is 0.454 e. The van der Waals surface area contributed by atoms with E-state index in [9.17, 15) is 9.59 Å². The van der Waals surface area contributed by atoms with Crippen molar-refractivity contribution in [1.82, 2.24) is 5.32 Å². The van der Waals surface area contributed by atoms with E-state index >= 15 is 0 Å². The zero-order chi connectivity index (χ0) is 22.3. The normalized spacial score (nSPS) is 15.3. The van der Waals surface area contributed by atoms with Crippen LogP contribution in [0.3, 0.4) is 0 Å². The van der Waals surface area contributed by atoms with Crippen LogP contribution in [0.4, 0.5) is 0 Å². The van der Waals surface area contributed by atoms with Crippen molar-refractivity contribution < 1.29 is 20.5 Å². The van der Waals surface area contributed by atoms with Gasteiger partial charge < -0.3 is 14.8 Å². The topological polar surface area (TPSA) is 64.6 Å². The predicted molar refractivity (Wildman–Crippen MR) is 124 cm³/mol. The van der Waals surface area contributed by atoms with E-state index in [1.54, 1.807) is 7.05 Å². The molecule has 1 aliphatic carbocycles. The number of carbonyl (C=O) groups is 2. The van der Waals surface area contributed by atoms with Crippen molar-refractivity contribution in [3.05, 3.63) is 82.9 Å². The average molecular weight is 430 g/mol. The molecule has 0 unspecified atom stereocenters. The van der Waals surface area contributed by atoms with Gasteiger partial charge in [-0.05, 0) is 71.8 Å². The Hall–Kier alpha value is -3.60. The van der Waals surface area contributed by atoms with Crippen molar-refractivity contribution >= 4 is 11.7 Å². The van der Waals surface area contributed by atoms with Crippen LogP contribution in [0.1, 0.15) is 41.3 Å². The maximum absolute atomic E-state index is 13.4. The van der Waals surface area contributed by atoms with E-state index < -0.39 is 5.41 Å². The highest BCUT2D eigenvalue weighted by atomic mass is 16.7. The number of amides is 1. The fourth-order valence-corrected chi connectivity index (χ4v) is 4.44. The summed E-state index contributed by atoms with van der Waals surface area (Å²) >= 11 is 0. The second-order valence-electron chi connectivity index (χ2n) is 8.56. The first-order valence-corrected chi connectivity index (χ1v) is 10.9. The lowest BCUT2D eigenvalue weighted by molar-refractivity contribution is -0.120. The number of hydrogen-bond donors (Lipinski definition) is 1. The van der Waals surface area contributed by atoms with Crippen molar-refractivity contribution in [2.45, 2.75) is 31.6 Å². The minimum Gasteiger partial charge on any atom is -0.454 e. The van der Waals surface area contributed by atoms with Crippen LogP contribution in [-0.2, 0) is 16.6 Å². The molecule has 0 saturated heterocycles. The minimum atomic E-state index is -0.415. The lowest BCUT2D eigenvalue weighted by Crippen LogP contribution is -2.22. The number of ether oxygens (including phenoxy) is 2. The Morgan fingerprint density at radius 3 is 2.44 bits per heavy atom. The quantitative estimate of drug-likeness (QED) is 0.609. The van der Waals surface area contributed by atoms with Gasteiger partial charge in [-0.15, -0.1) is 0 Å². The number of nitrogens with one attached hydrogen (secondary N) is 1. The summed E-state index contributed by atoms with van der Waals surface area (Å²) < 4.78 is 10.9. The molecule has 0 radical (unpaired) electrons. The molecule has 1 heterocycles. The van der Waals surface area contributed by atoms with Crippen molar-refractivity contribution in [3.63, 3.8) is 0 Å². The maximum atomic E-state index is 13.4. The Labute approximate surface area is 188 Å². The van der Waals surface area contributed by atoms with Gasteiger partial charge in [0, 0.05) is 20.5 Å². The summed E-state index contributed by atoms with van der Waals surface area (Å²) in [5, 5.41) is 2.64. The third-order valence-electron chi connectivity index (χ3n) is 6.56. The van der Waals surface area contributed by atoms with E-state index in [4.69, 9.17) is 9.47 Å². The van der Waals surface area contributed by atoms with Gasteiger partial charge in [0.05, 0.1) is 5.41 Å². The van der Waals surface area contributed by atoms with Gasteiger partial charge in [-0.2, -0.15) is 0 Å². The molecule has 1 aliphatic heterocycles. The summed E-state index contributed by atoms with van der Waals surface area (Å²) in [6, 6.07) is 19.6. The van der Waals surface area contributed by atoms with E-state index in [0.29, 0.717) is 12.0 Å². The van der Waals surface area contributed by atoms with Gasteiger partial charge in [-0.25, -0.2) is 0 Å². The fraction of sp³-hybridized carbons (Fsp3) is 0.259. The summed E-state index contributed by atoms with van der Waals surface area (Å²) in [5.41, 5.74) is 5.46. The first kappa shape index (κ1) is 20.3. The molecule has 3 aromatic rings. The van der Waals surface area contributed by atoms with Gasteiger partial charge >= 0.3 is 0 Å². The highest BCUT2D eigenvalue weighted by Gasteiger charge is 2.50. The molecule has 0 bridgehead atoms. The second-order valence-corrected chi connectivity index (χ2v) is 8.56. The molecular weight excluding hydrogens is 402 g/mol. The number of fused-ring (bicyclic) bond motifs is 1. The number of aryl methyl sites for hydroxylation is 1. The SMILES string of the molecule is CNC(=O)c1ccc(-c2cc(CC(=O)C3(c4ccc5c(c4)OCO5)CC3)ccc2C)cc1.[HH]. The van der Waals surface area contributed by atoms with Crippen LogP contribution < -0.4 is 14.8 Å². The smallest absolute Gasteiger partial charge is 0.251 e. The van der Waals surface area contributed by atoms with E-state index in [1.165, 1.54) is 0 Å². The molecule has 0 spiro atoms. The summed E-state index contributed by atoms with van der Waals surface area (Å²) in [5.74, 6) is 1.59. The number of carbonyl (C=O) groups excluding carboxylic acids is 2. The Morgan fingerprint density at radius 1 is 0.969 bits per heavy atom. The molecule has 2 aliphatic rings. The summed E-state index contributed by atoms with van der Waals surface area (Å²) in [7, 11) is 1.62. The Kier molecular flexibility index (Phi) is 4.97. The van der Waals surface area contributed by atoms with Gasteiger partial charge in [0.25, 0.3) is 5.91 Å². The van der Waals surface area contributed by atoms with Crippen LogP contribution >= 0.6 is 0 Å². The van der Waals surface area contributed by atoms with Crippen LogP contribution in [0.5, 0.6) is 11.5 Å². The van der Waals surface area contributed by atoms with Crippen molar-refractivity contribution in [3.8, 4) is 22.6 Å². The lowest BCUT2D eigenvalue weighted by Gasteiger charge is -2.16. The Morgan fingerprint density at radius 2 is 1.72 bits per heavy atom. The zero-order valence-electron chi connectivity index (χ0n) is 18.2. The predicted octanol–water partition coefficient (Wildman–Crippen LogP) is 4.84. The standard InChI is InChI=1S/C27H25NO4.H2/c1-17-3-4-18(13-22(17)19-5-7-20(8-6-19)26(30)28-2)14-25(29)27(11-12-27)21-9-10-23-24(15-21)32-16-31-23;/h3-10,13,15H,11-12,14,16H2,1-2H3,(H,28,30);1H. The molecule has 1 saturated carbocycles. The zero-order valence-corrected chi connectivity index (χ0v) is 18.2. The number of ketones is 1. The second kappa shape index (κ2) is 7.83. The fourth-order valence-electron chi connectivity index (χ4n) is 4.44. The molecule has 3 aromatic carbocycles. The van der Waals surface area contributed by atoms with Crippen molar-refractivity contribution in [1.29, 1.82) is 0 Å². The van der Waals surface area contributed by atoms with Gasteiger partial charge in [-0.3, -0.25) is 9.59 Å². The summed E-state index contributed by atoms with van der Waals surface area (Å²) in [6.07, 6.45) is 2.12. The van der Waals surface area contributed by atoms with Gasteiger partial charge in [0.2, 0.25) is 6.79 Å². The third kappa shape index (κ3) is 3.54. The Bertz CT molecular complexity index is 1220. The van der Waals surface area contributed by atoms with Crippen molar-refractivity contribution in [2.75, 3.05) is 13.8 Å². The van der Waals surface area contributed by atoms with E-state index in [-0.39, 0.29) is 19.9 Å². The van der Waals surface area contributed by atoms with Crippen LogP contribution in [0.15, 0.2) is 60.7 Å².